The van der Waals surface area contributed by atoms with Crippen molar-refractivity contribution in [1.29, 1.82) is 0 Å². The standard InChI is InChI=1S/C8H12N.C4H7.C2H6.W/c1-3-5-8(7-9)6-4-2;1-3-4-2;1-2;/h3-4,6H,1,7,9H2,2H3;3H,1-2,4H2;1-2H3;/q2*-1;;+2/b6-4-;;;. The van der Waals surface area contributed by atoms with Gasteiger partial charge in [0.05, 0.1) is 0 Å². The van der Waals surface area contributed by atoms with Crippen LogP contribution in [0.15, 0.2) is 43.0 Å². The molecule has 0 aliphatic rings. The van der Waals surface area contributed by atoms with E-state index in [1.807, 2.05) is 32.9 Å². The van der Waals surface area contributed by atoms with Gasteiger partial charge in [-0.15, -0.1) is 24.3 Å². The number of rotatable bonds is 4. The Morgan fingerprint density at radius 1 is 1.38 bits per heavy atom. The van der Waals surface area contributed by atoms with E-state index in [0.717, 1.165) is 12.0 Å². The molecule has 0 amide bonds. The second-order valence-corrected chi connectivity index (χ2v) is 2.16. The van der Waals surface area contributed by atoms with Crippen LogP contribution in [0.25, 0.3) is 0 Å². The smallest absolute Gasteiger partial charge is 0.340 e. The first-order valence-corrected chi connectivity index (χ1v) is 5.22. The van der Waals surface area contributed by atoms with Crippen molar-refractivity contribution in [3.8, 4) is 0 Å². The van der Waals surface area contributed by atoms with Crippen molar-refractivity contribution in [2.75, 3.05) is 6.54 Å². The molecule has 92 valence electrons. The summed E-state index contributed by atoms with van der Waals surface area (Å²) in [5.41, 5.74) is 6.33. The predicted molar refractivity (Wildman–Crippen MR) is 72.3 cm³/mol. The number of nitrogens with two attached hydrogens (primary N) is 1. The number of hydrogen-bond donors (Lipinski definition) is 1. The Morgan fingerprint density at radius 3 is 2.00 bits per heavy atom. The molecule has 0 bridgehead atoms. The summed E-state index contributed by atoms with van der Waals surface area (Å²) >= 11 is 0. The molecule has 0 aromatic heterocycles. The molecular weight excluding hydrogens is 366 g/mol. The van der Waals surface area contributed by atoms with E-state index in [1.54, 1.807) is 12.2 Å². The molecule has 16 heavy (non-hydrogen) atoms. The summed E-state index contributed by atoms with van der Waals surface area (Å²) in [6.07, 6.45) is 11.0. The average molecular weight is 391 g/mol. The van der Waals surface area contributed by atoms with Crippen molar-refractivity contribution in [2.45, 2.75) is 27.2 Å². The van der Waals surface area contributed by atoms with E-state index in [4.69, 9.17) is 5.73 Å². The molecule has 0 aliphatic heterocycles. The first-order valence-electron chi connectivity index (χ1n) is 5.22. The van der Waals surface area contributed by atoms with E-state index in [9.17, 15) is 0 Å². The van der Waals surface area contributed by atoms with Crippen molar-refractivity contribution in [3.05, 3.63) is 56.0 Å². The van der Waals surface area contributed by atoms with E-state index < -0.39 is 0 Å². The third-order valence-electron chi connectivity index (χ3n) is 1.08. The maximum atomic E-state index is 5.35. The summed E-state index contributed by atoms with van der Waals surface area (Å²) in [6.45, 7) is 16.9. The van der Waals surface area contributed by atoms with Gasteiger partial charge < -0.3 is 12.7 Å². The van der Waals surface area contributed by atoms with Crippen LogP contribution in [0.1, 0.15) is 27.2 Å². The van der Waals surface area contributed by atoms with Crippen molar-refractivity contribution in [1.82, 2.24) is 0 Å². The van der Waals surface area contributed by atoms with Crippen LogP contribution in [-0.4, -0.2) is 6.54 Å². The van der Waals surface area contributed by atoms with Crippen LogP contribution in [0.3, 0.4) is 0 Å². The molecule has 2 N–H and O–H groups in total. The van der Waals surface area contributed by atoms with E-state index in [1.165, 1.54) is 0 Å². The van der Waals surface area contributed by atoms with Crippen LogP contribution in [0, 0.1) is 13.0 Å². The molecule has 0 unspecified atom stereocenters. The van der Waals surface area contributed by atoms with Gasteiger partial charge in [-0.05, 0) is 6.54 Å². The third-order valence-corrected chi connectivity index (χ3v) is 1.08. The van der Waals surface area contributed by atoms with Crippen LogP contribution in [-0.2, 0) is 21.1 Å². The van der Waals surface area contributed by atoms with Gasteiger partial charge in [0.15, 0.2) is 0 Å². The Balaban J connectivity index is -0.0000000879. The molecule has 0 aromatic carbocycles. The third kappa shape index (κ3) is 29.2. The van der Waals surface area contributed by atoms with Crippen molar-refractivity contribution >= 4 is 0 Å². The largest absolute Gasteiger partial charge is 2.00 e. The van der Waals surface area contributed by atoms with Gasteiger partial charge >= 0.3 is 21.1 Å². The summed E-state index contributed by atoms with van der Waals surface area (Å²) in [6, 6.07) is 0. The Hall–Kier alpha value is -0.392. The van der Waals surface area contributed by atoms with E-state index in [2.05, 4.69) is 26.2 Å². The van der Waals surface area contributed by atoms with Crippen LogP contribution >= 0.6 is 0 Å². The van der Waals surface area contributed by atoms with Crippen LogP contribution < -0.4 is 5.73 Å². The van der Waals surface area contributed by atoms with Gasteiger partial charge in [-0.1, -0.05) is 20.8 Å². The van der Waals surface area contributed by atoms with E-state index in [-0.39, 0.29) is 21.1 Å². The molecular formula is C14H25NW. The maximum absolute atomic E-state index is 5.35. The van der Waals surface area contributed by atoms with Gasteiger partial charge in [0.25, 0.3) is 0 Å². The topological polar surface area (TPSA) is 26.0 Å². The molecule has 0 spiro atoms. The normalized spacial score (nSPS) is 8.94. The molecule has 0 aromatic rings. The van der Waals surface area contributed by atoms with Crippen molar-refractivity contribution < 1.29 is 21.1 Å². The predicted octanol–water partition coefficient (Wildman–Crippen LogP) is 3.86. The molecule has 0 fully saturated rings. The summed E-state index contributed by atoms with van der Waals surface area (Å²) in [7, 11) is 0. The zero-order valence-corrected chi connectivity index (χ0v) is 13.8. The second kappa shape index (κ2) is 29.3. The SMILES string of the molecule is C=CC[CH2-].C=C[C-]=C(/C=C\C)CN.CC.[W+2]. The van der Waals surface area contributed by atoms with Crippen molar-refractivity contribution in [3.63, 3.8) is 0 Å². The molecule has 1 nitrogen and oxygen atoms in total. The van der Waals surface area contributed by atoms with Gasteiger partial charge in [-0.2, -0.15) is 31.2 Å². The number of hydrogen-bond acceptors (Lipinski definition) is 1. The summed E-state index contributed by atoms with van der Waals surface area (Å²) in [5.74, 6) is 0. The quantitative estimate of drug-likeness (QED) is 0.440. The first kappa shape index (κ1) is 24.7. The minimum atomic E-state index is 0. The van der Waals surface area contributed by atoms with Gasteiger partial charge in [0, 0.05) is 0 Å². The molecule has 0 heterocycles. The Morgan fingerprint density at radius 2 is 1.81 bits per heavy atom. The van der Waals surface area contributed by atoms with Crippen LogP contribution in [0.2, 0.25) is 0 Å². The van der Waals surface area contributed by atoms with Crippen LogP contribution in [0.4, 0.5) is 0 Å². The fraction of sp³-hybridized carbons (Fsp3) is 0.357. The average Bonchev–Trinajstić information content (AvgIpc) is 2.31. The molecule has 0 aliphatic carbocycles. The summed E-state index contributed by atoms with van der Waals surface area (Å²) in [4.78, 5) is 0. The summed E-state index contributed by atoms with van der Waals surface area (Å²) in [5, 5.41) is 0. The zero-order chi connectivity index (χ0) is 12.5. The fourth-order valence-corrected chi connectivity index (χ4v) is 0.507. The fourth-order valence-electron chi connectivity index (χ4n) is 0.507. The zero-order valence-electron chi connectivity index (χ0n) is 10.8. The Bertz CT molecular complexity index is 181. The van der Waals surface area contributed by atoms with Crippen molar-refractivity contribution in [2.24, 2.45) is 5.73 Å². The minimum Gasteiger partial charge on any atom is -0.340 e. The van der Waals surface area contributed by atoms with E-state index >= 15 is 0 Å². The van der Waals surface area contributed by atoms with Gasteiger partial charge in [0.1, 0.15) is 0 Å². The molecule has 0 saturated heterocycles. The first-order chi connectivity index (χ1) is 7.26. The molecule has 0 rings (SSSR count). The number of allylic oxidation sites excluding steroid dienone is 4. The molecule has 0 radical (unpaired) electrons. The molecule has 2 heteroatoms. The molecule has 0 saturated carbocycles. The monoisotopic (exact) mass is 391 g/mol. The minimum absolute atomic E-state index is 0. The van der Waals surface area contributed by atoms with E-state index in [0.29, 0.717) is 6.54 Å². The second-order valence-electron chi connectivity index (χ2n) is 2.16. The van der Waals surface area contributed by atoms with Gasteiger partial charge in [-0.3, -0.25) is 0 Å². The molecule has 0 atom stereocenters. The van der Waals surface area contributed by atoms with Gasteiger partial charge in [-0.25, -0.2) is 0 Å². The Labute approximate surface area is 116 Å². The Kier molecular flexibility index (Phi) is 45.3. The van der Waals surface area contributed by atoms with Crippen LogP contribution in [0.5, 0.6) is 0 Å². The summed E-state index contributed by atoms with van der Waals surface area (Å²) < 4.78 is 0. The van der Waals surface area contributed by atoms with Gasteiger partial charge in [0.2, 0.25) is 0 Å². The maximum Gasteiger partial charge on any atom is 2.00 e.